The molecule has 0 radical (unpaired) electrons. The number of rotatable bonds is 2. The zero-order valence-electron chi connectivity index (χ0n) is 20.2. The van der Waals surface area contributed by atoms with Gasteiger partial charge in [0.05, 0.1) is 33.0 Å². The third-order valence-corrected chi connectivity index (χ3v) is 10.9. The van der Waals surface area contributed by atoms with Gasteiger partial charge in [0.1, 0.15) is 0 Å². The Morgan fingerprint density at radius 2 is 1.28 bits per heavy atom. The number of nitrogens with zero attached hydrogens (tertiary/aromatic N) is 1. The minimum absolute atomic E-state index is 0.171. The Labute approximate surface area is 210 Å². The number of aryl methyl sites for hydroxylation is 2. The first-order valence-corrected chi connectivity index (χ1v) is 14.3. The summed E-state index contributed by atoms with van der Waals surface area (Å²) in [5, 5.41) is -0.823. The molecule has 0 aromatic heterocycles. The van der Waals surface area contributed by atoms with Gasteiger partial charge in [-0.1, -0.05) is 12.1 Å². The summed E-state index contributed by atoms with van der Waals surface area (Å²) in [6.45, 7) is 3.37. The second-order valence-corrected chi connectivity index (χ2v) is 13.4. The summed E-state index contributed by atoms with van der Waals surface area (Å²) < 4.78 is 53.2. The highest BCUT2D eigenvalue weighted by Gasteiger charge is 2.32. The SMILES string of the molecule is CC1CCc2ccc(C(=O)N=C(N)N)cc2S1(=O)=O.COC(=O)c1ccc2c(c1)S(=O)(=O)C(C)CC2. The van der Waals surface area contributed by atoms with E-state index in [1.165, 1.54) is 19.2 Å². The first-order chi connectivity index (χ1) is 16.8. The van der Waals surface area contributed by atoms with E-state index in [-0.39, 0.29) is 32.1 Å². The largest absolute Gasteiger partial charge is 0.465 e. The summed E-state index contributed by atoms with van der Waals surface area (Å²) in [5.74, 6) is -1.50. The summed E-state index contributed by atoms with van der Waals surface area (Å²) in [7, 11) is -5.38. The van der Waals surface area contributed by atoms with Crippen molar-refractivity contribution in [2.75, 3.05) is 7.11 Å². The molecule has 10 nitrogen and oxygen atoms in total. The predicted octanol–water partition coefficient (Wildman–Crippen LogP) is 1.79. The first kappa shape index (κ1) is 27.3. The van der Waals surface area contributed by atoms with E-state index in [0.717, 1.165) is 17.5 Å². The van der Waals surface area contributed by atoms with Gasteiger partial charge in [-0.3, -0.25) is 4.79 Å². The summed E-state index contributed by atoms with van der Waals surface area (Å²) in [6, 6.07) is 9.27. The zero-order chi connectivity index (χ0) is 26.8. The second-order valence-electron chi connectivity index (χ2n) is 8.77. The van der Waals surface area contributed by atoms with E-state index >= 15 is 0 Å². The first-order valence-electron chi connectivity index (χ1n) is 11.2. The van der Waals surface area contributed by atoms with Gasteiger partial charge in [-0.05, 0) is 74.9 Å². The zero-order valence-corrected chi connectivity index (χ0v) is 21.9. The molecule has 1 amide bonds. The van der Waals surface area contributed by atoms with Crippen molar-refractivity contribution in [3.63, 3.8) is 0 Å². The van der Waals surface area contributed by atoms with E-state index in [1.54, 1.807) is 38.1 Å². The standard InChI is InChI=1S/C12H15N3O3S.C12H14O4S/c1-7-2-3-8-4-5-9(11(16)15-12(13)14)6-10(8)19(7,17)18;1-8-3-4-9-5-6-10(12(13)16-2)7-11(9)17(8,14)15/h4-7H,2-3H2,1H3,(H4,13,14,15,16);5-8H,3-4H2,1-2H3. The van der Waals surface area contributed by atoms with Crippen LogP contribution >= 0.6 is 0 Å². The van der Waals surface area contributed by atoms with Crippen LogP contribution in [0.15, 0.2) is 51.2 Å². The molecular weight excluding hydrogens is 506 g/mol. The molecule has 4 N–H and O–H groups in total. The lowest BCUT2D eigenvalue weighted by Crippen LogP contribution is -2.26. The van der Waals surface area contributed by atoms with Gasteiger partial charge in [-0.25, -0.2) is 21.6 Å². The fourth-order valence-electron chi connectivity index (χ4n) is 4.07. The Bertz CT molecular complexity index is 1440. The molecule has 2 aliphatic heterocycles. The molecule has 2 unspecified atom stereocenters. The van der Waals surface area contributed by atoms with Gasteiger partial charge < -0.3 is 16.2 Å². The molecule has 4 rings (SSSR count). The molecule has 36 heavy (non-hydrogen) atoms. The third kappa shape index (κ3) is 5.44. The Morgan fingerprint density at radius 1 is 0.833 bits per heavy atom. The van der Waals surface area contributed by atoms with Gasteiger partial charge in [0.2, 0.25) is 0 Å². The highest BCUT2D eigenvalue weighted by atomic mass is 32.2. The smallest absolute Gasteiger partial charge is 0.337 e. The predicted molar refractivity (Wildman–Crippen MR) is 134 cm³/mol. The average molecular weight is 536 g/mol. The molecule has 0 spiro atoms. The third-order valence-electron chi connectivity index (χ3n) is 6.35. The van der Waals surface area contributed by atoms with Crippen LogP contribution in [0, 0.1) is 0 Å². The number of methoxy groups -OCH3 is 1. The Kier molecular flexibility index (Phi) is 7.89. The van der Waals surface area contributed by atoms with Gasteiger partial charge in [0, 0.05) is 5.56 Å². The van der Waals surface area contributed by atoms with E-state index in [1.807, 2.05) is 0 Å². The van der Waals surface area contributed by atoms with Crippen LogP contribution in [-0.2, 0) is 37.3 Å². The van der Waals surface area contributed by atoms with Crippen LogP contribution in [-0.4, -0.2) is 52.3 Å². The fraction of sp³-hybridized carbons (Fsp3) is 0.375. The number of hydrogen-bond donors (Lipinski definition) is 2. The number of sulfone groups is 2. The molecule has 194 valence electrons. The summed E-state index contributed by atoms with van der Waals surface area (Å²) in [6.07, 6.45) is 2.65. The number of benzene rings is 2. The lowest BCUT2D eigenvalue weighted by molar-refractivity contribution is 0.0600. The number of fused-ring (bicyclic) bond motifs is 2. The van der Waals surface area contributed by atoms with E-state index < -0.39 is 36.8 Å². The Hall–Kier alpha value is -3.25. The minimum atomic E-state index is -3.37. The maximum Gasteiger partial charge on any atom is 0.337 e. The van der Waals surface area contributed by atoms with E-state index in [0.29, 0.717) is 19.3 Å². The normalized spacial score (nSPS) is 21.0. The van der Waals surface area contributed by atoms with E-state index in [4.69, 9.17) is 11.5 Å². The maximum absolute atomic E-state index is 12.2. The molecule has 0 saturated carbocycles. The lowest BCUT2D eigenvalue weighted by atomic mass is 10.1. The van der Waals surface area contributed by atoms with E-state index in [2.05, 4.69) is 9.73 Å². The monoisotopic (exact) mass is 535 g/mol. The number of ether oxygens (including phenoxy) is 1. The molecule has 0 fully saturated rings. The number of carbonyl (C=O) groups is 2. The van der Waals surface area contributed by atoms with E-state index in [9.17, 15) is 26.4 Å². The summed E-state index contributed by atoms with van der Waals surface area (Å²) in [4.78, 5) is 27.0. The average Bonchev–Trinajstić information content (AvgIpc) is 2.83. The van der Waals surface area contributed by atoms with Crippen molar-refractivity contribution in [2.24, 2.45) is 16.5 Å². The number of guanidine groups is 1. The summed E-state index contributed by atoms with van der Waals surface area (Å²) >= 11 is 0. The lowest BCUT2D eigenvalue weighted by Gasteiger charge is -2.22. The van der Waals surface area contributed by atoms with Crippen molar-refractivity contribution in [3.8, 4) is 0 Å². The molecule has 0 saturated heterocycles. The molecule has 2 aromatic rings. The Morgan fingerprint density at radius 3 is 1.72 bits per heavy atom. The van der Waals surface area contributed by atoms with Crippen molar-refractivity contribution in [3.05, 3.63) is 58.7 Å². The van der Waals surface area contributed by atoms with Crippen LogP contribution in [0.5, 0.6) is 0 Å². The number of esters is 1. The highest BCUT2D eigenvalue weighted by molar-refractivity contribution is 7.92. The minimum Gasteiger partial charge on any atom is -0.465 e. The van der Waals surface area contributed by atoms with Crippen LogP contribution in [0.4, 0.5) is 0 Å². The van der Waals surface area contributed by atoms with Gasteiger partial charge in [0.15, 0.2) is 25.6 Å². The van der Waals surface area contributed by atoms with Crippen LogP contribution in [0.25, 0.3) is 0 Å². The van der Waals surface area contributed by atoms with Crippen LogP contribution in [0.1, 0.15) is 58.5 Å². The summed E-state index contributed by atoms with van der Waals surface area (Å²) in [5.41, 5.74) is 12.2. The maximum atomic E-state index is 12.2. The van der Waals surface area contributed by atoms with Crippen LogP contribution in [0.2, 0.25) is 0 Å². The number of aliphatic imine (C=N–C) groups is 1. The molecule has 0 aliphatic carbocycles. The highest BCUT2D eigenvalue weighted by Crippen LogP contribution is 2.31. The molecule has 2 aromatic carbocycles. The van der Waals surface area contributed by atoms with Crippen LogP contribution < -0.4 is 11.5 Å². The fourth-order valence-corrected chi connectivity index (χ4v) is 7.45. The Balaban J connectivity index is 0.000000202. The van der Waals surface area contributed by atoms with Gasteiger partial charge in [0.25, 0.3) is 5.91 Å². The van der Waals surface area contributed by atoms with Gasteiger partial charge in [-0.2, -0.15) is 4.99 Å². The van der Waals surface area contributed by atoms with Gasteiger partial charge in [-0.15, -0.1) is 0 Å². The number of carbonyl (C=O) groups excluding carboxylic acids is 2. The molecule has 0 bridgehead atoms. The number of hydrogen-bond acceptors (Lipinski definition) is 7. The van der Waals surface area contributed by atoms with Crippen molar-refractivity contribution in [1.82, 2.24) is 0 Å². The van der Waals surface area contributed by atoms with Crippen molar-refractivity contribution < 1.29 is 31.2 Å². The molecule has 2 atom stereocenters. The number of amides is 1. The van der Waals surface area contributed by atoms with Crippen LogP contribution in [0.3, 0.4) is 0 Å². The molecule has 2 aliphatic rings. The van der Waals surface area contributed by atoms with Gasteiger partial charge >= 0.3 is 5.97 Å². The molecular formula is C24H29N3O7S2. The van der Waals surface area contributed by atoms with Crippen molar-refractivity contribution in [2.45, 2.75) is 59.8 Å². The topological polar surface area (TPSA) is 176 Å². The quantitative estimate of drug-likeness (QED) is 0.330. The van der Waals surface area contributed by atoms with Crippen molar-refractivity contribution >= 4 is 37.5 Å². The van der Waals surface area contributed by atoms with Crippen molar-refractivity contribution in [1.29, 1.82) is 0 Å². The molecule has 12 heteroatoms. The number of nitrogens with two attached hydrogens (primary N) is 2. The molecule has 2 heterocycles. The second kappa shape index (κ2) is 10.4.